The number of aromatic hydroxyl groups is 1. The van der Waals surface area contributed by atoms with Crippen molar-refractivity contribution in [1.29, 1.82) is 0 Å². The Kier molecular flexibility index (Phi) is 6.19. The van der Waals surface area contributed by atoms with Gasteiger partial charge in [0.05, 0.1) is 12.3 Å². The molecule has 152 valence electrons. The van der Waals surface area contributed by atoms with Crippen molar-refractivity contribution in [2.75, 3.05) is 6.61 Å². The summed E-state index contributed by atoms with van der Waals surface area (Å²) in [6, 6.07) is 30.4. The van der Waals surface area contributed by atoms with Crippen LogP contribution < -0.4 is 4.74 Å². The van der Waals surface area contributed by atoms with Gasteiger partial charge in [-0.25, -0.2) is 0 Å². The molecule has 3 heteroatoms. The maximum atomic E-state index is 9.57. The first-order chi connectivity index (χ1) is 14.7. The monoisotopic (exact) mass is 397 g/mol. The van der Waals surface area contributed by atoms with E-state index in [2.05, 4.69) is 66.1 Å². The largest absolute Gasteiger partial charge is 0.508 e. The van der Waals surface area contributed by atoms with E-state index in [-0.39, 0.29) is 5.75 Å². The third-order valence-electron chi connectivity index (χ3n) is 5.31. The van der Waals surface area contributed by atoms with Crippen LogP contribution >= 0.6 is 0 Å². The van der Waals surface area contributed by atoms with Crippen molar-refractivity contribution in [3.63, 3.8) is 0 Å². The highest BCUT2D eigenvalue weighted by atomic mass is 16.5. The van der Waals surface area contributed by atoms with Crippen LogP contribution in [-0.4, -0.2) is 16.3 Å². The third kappa shape index (κ3) is 4.74. The van der Waals surface area contributed by atoms with Crippen molar-refractivity contribution in [3.8, 4) is 28.4 Å². The summed E-state index contributed by atoms with van der Waals surface area (Å²) in [7, 11) is 0. The van der Waals surface area contributed by atoms with Gasteiger partial charge < -0.3 is 14.4 Å². The van der Waals surface area contributed by atoms with Gasteiger partial charge in [0.25, 0.3) is 0 Å². The molecule has 3 nitrogen and oxygen atoms in total. The van der Waals surface area contributed by atoms with Gasteiger partial charge in [0, 0.05) is 11.4 Å². The molecule has 0 aliphatic heterocycles. The molecule has 0 unspecified atom stereocenters. The molecule has 0 fully saturated rings. The second kappa shape index (κ2) is 9.36. The van der Waals surface area contributed by atoms with Crippen LogP contribution in [0.15, 0.2) is 91.0 Å². The number of unbranched alkanes of at least 4 members (excludes halogenated alkanes) is 1. The number of nitrogens with zero attached hydrogens (tertiary/aromatic N) is 1. The molecule has 1 N–H and O–H groups in total. The Morgan fingerprint density at radius 1 is 0.767 bits per heavy atom. The first-order valence-corrected chi connectivity index (χ1v) is 10.5. The molecule has 0 saturated heterocycles. The fourth-order valence-electron chi connectivity index (χ4n) is 3.70. The van der Waals surface area contributed by atoms with Crippen LogP contribution in [0, 0.1) is 6.92 Å². The summed E-state index contributed by atoms with van der Waals surface area (Å²) < 4.78 is 8.16. The predicted octanol–water partition coefficient (Wildman–Crippen LogP) is 6.56. The number of hydrogen-bond donors (Lipinski definition) is 1. The van der Waals surface area contributed by atoms with Gasteiger partial charge in [0.2, 0.25) is 0 Å². The maximum absolute atomic E-state index is 9.57. The maximum Gasteiger partial charge on any atom is 0.119 e. The van der Waals surface area contributed by atoms with E-state index in [1.165, 1.54) is 5.56 Å². The smallest absolute Gasteiger partial charge is 0.119 e. The van der Waals surface area contributed by atoms with Gasteiger partial charge in [-0.1, -0.05) is 30.3 Å². The number of ether oxygens (including phenoxy) is 1. The Morgan fingerprint density at radius 3 is 2.23 bits per heavy atom. The van der Waals surface area contributed by atoms with Crippen LogP contribution in [0.5, 0.6) is 11.5 Å². The molecule has 0 bridgehead atoms. The first-order valence-electron chi connectivity index (χ1n) is 10.5. The summed E-state index contributed by atoms with van der Waals surface area (Å²) in [5.41, 5.74) is 5.81. The van der Waals surface area contributed by atoms with Crippen molar-refractivity contribution in [2.45, 2.75) is 26.2 Å². The van der Waals surface area contributed by atoms with Crippen LogP contribution in [0.4, 0.5) is 0 Å². The van der Waals surface area contributed by atoms with Gasteiger partial charge >= 0.3 is 0 Å². The Morgan fingerprint density at radius 2 is 1.50 bits per heavy atom. The molecular formula is C27H27NO2. The molecule has 0 spiro atoms. The summed E-state index contributed by atoms with van der Waals surface area (Å²) in [5, 5.41) is 9.57. The number of aryl methyl sites for hydroxylation is 2. The Balaban J connectivity index is 1.37. The van der Waals surface area contributed by atoms with E-state index in [0.29, 0.717) is 0 Å². The van der Waals surface area contributed by atoms with Crippen molar-refractivity contribution in [2.24, 2.45) is 0 Å². The van der Waals surface area contributed by atoms with E-state index in [4.69, 9.17) is 4.74 Å². The minimum atomic E-state index is 0.277. The van der Waals surface area contributed by atoms with Gasteiger partial charge in [-0.15, -0.1) is 0 Å². The normalized spacial score (nSPS) is 10.8. The highest BCUT2D eigenvalue weighted by Crippen LogP contribution is 2.28. The van der Waals surface area contributed by atoms with Crippen molar-refractivity contribution >= 4 is 0 Å². The van der Waals surface area contributed by atoms with Crippen LogP contribution in [0.1, 0.15) is 24.1 Å². The molecule has 1 heterocycles. The topological polar surface area (TPSA) is 34.4 Å². The molecule has 4 aromatic rings. The highest BCUT2D eigenvalue weighted by Gasteiger charge is 2.10. The van der Waals surface area contributed by atoms with Gasteiger partial charge in [0.15, 0.2) is 0 Å². The van der Waals surface area contributed by atoms with Crippen molar-refractivity contribution < 1.29 is 9.84 Å². The van der Waals surface area contributed by atoms with Crippen LogP contribution in [-0.2, 0) is 6.42 Å². The number of rotatable bonds is 8. The molecule has 0 radical (unpaired) electrons. The SMILES string of the molecule is Cc1ccc(-c2ccc(O)cc2)n1-c1ccc(OCCCCc2ccccc2)cc1. The number of benzene rings is 3. The van der Waals surface area contributed by atoms with Gasteiger partial charge in [-0.05, 0) is 98.0 Å². The molecule has 0 atom stereocenters. The van der Waals surface area contributed by atoms with Gasteiger partial charge in [-0.3, -0.25) is 0 Å². The lowest BCUT2D eigenvalue weighted by atomic mass is 10.1. The fraction of sp³-hybridized carbons (Fsp3) is 0.185. The lowest BCUT2D eigenvalue weighted by Crippen LogP contribution is -2.01. The zero-order chi connectivity index (χ0) is 20.8. The van der Waals surface area contributed by atoms with E-state index in [9.17, 15) is 5.11 Å². The van der Waals surface area contributed by atoms with E-state index in [0.717, 1.165) is 54.3 Å². The molecular weight excluding hydrogens is 370 g/mol. The summed E-state index contributed by atoms with van der Waals surface area (Å²) in [5.74, 6) is 1.17. The minimum Gasteiger partial charge on any atom is -0.508 e. The zero-order valence-corrected chi connectivity index (χ0v) is 17.3. The van der Waals surface area contributed by atoms with E-state index in [1.807, 2.05) is 24.3 Å². The molecule has 30 heavy (non-hydrogen) atoms. The molecule has 0 saturated carbocycles. The quantitative estimate of drug-likeness (QED) is 0.342. The molecule has 0 aliphatic carbocycles. The summed E-state index contributed by atoms with van der Waals surface area (Å²) in [6.07, 6.45) is 3.26. The summed E-state index contributed by atoms with van der Waals surface area (Å²) in [4.78, 5) is 0. The third-order valence-corrected chi connectivity index (χ3v) is 5.31. The summed E-state index contributed by atoms with van der Waals surface area (Å²) >= 11 is 0. The van der Waals surface area contributed by atoms with Crippen molar-refractivity contribution in [3.05, 3.63) is 102 Å². The fourth-order valence-corrected chi connectivity index (χ4v) is 3.70. The van der Waals surface area contributed by atoms with E-state index in [1.54, 1.807) is 12.1 Å². The molecule has 1 aromatic heterocycles. The Hall–Kier alpha value is -3.46. The Bertz CT molecular complexity index is 1060. The van der Waals surface area contributed by atoms with Crippen LogP contribution in [0.25, 0.3) is 16.9 Å². The minimum absolute atomic E-state index is 0.277. The van der Waals surface area contributed by atoms with Gasteiger partial charge in [-0.2, -0.15) is 0 Å². The van der Waals surface area contributed by atoms with Crippen molar-refractivity contribution in [1.82, 2.24) is 4.57 Å². The number of aromatic nitrogens is 1. The average Bonchev–Trinajstić information content (AvgIpc) is 3.16. The molecule has 0 aliphatic rings. The first kappa shape index (κ1) is 19.8. The second-order valence-electron chi connectivity index (χ2n) is 7.53. The average molecular weight is 398 g/mol. The Labute approximate surface area is 178 Å². The zero-order valence-electron chi connectivity index (χ0n) is 17.3. The standard InChI is InChI=1S/C27H27NO2/c1-21-10-19-27(23-11-15-25(29)16-12-23)28(21)24-13-17-26(18-14-24)30-20-6-5-9-22-7-3-2-4-8-22/h2-4,7-8,10-19,29H,5-6,9,20H2,1H3. The number of hydrogen-bond acceptors (Lipinski definition) is 2. The number of phenolic OH excluding ortho intramolecular Hbond substituents is 1. The van der Waals surface area contributed by atoms with Gasteiger partial charge in [0.1, 0.15) is 11.5 Å². The lowest BCUT2D eigenvalue weighted by Gasteiger charge is -2.13. The molecule has 4 rings (SSSR count). The molecule has 3 aromatic carbocycles. The lowest BCUT2D eigenvalue weighted by molar-refractivity contribution is 0.307. The summed E-state index contributed by atoms with van der Waals surface area (Å²) in [6.45, 7) is 2.83. The highest BCUT2D eigenvalue weighted by molar-refractivity contribution is 5.65. The number of phenols is 1. The van der Waals surface area contributed by atoms with Crippen LogP contribution in [0.2, 0.25) is 0 Å². The predicted molar refractivity (Wildman–Crippen MR) is 122 cm³/mol. The molecule has 0 amide bonds. The van der Waals surface area contributed by atoms with E-state index >= 15 is 0 Å². The second-order valence-corrected chi connectivity index (χ2v) is 7.53. The van der Waals surface area contributed by atoms with Crippen LogP contribution in [0.3, 0.4) is 0 Å². The van der Waals surface area contributed by atoms with E-state index < -0.39 is 0 Å².